The van der Waals surface area contributed by atoms with E-state index in [1.54, 1.807) is 38.5 Å². The summed E-state index contributed by atoms with van der Waals surface area (Å²) in [5.41, 5.74) is 3.47. The van der Waals surface area contributed by atoms with Crippen LogP contribution >= 0.6 is 7.26 Å². The summed E-state index contributed by atoms with van der Waals surface area (Å²) in [6.45, 7) is 4.26. The van der Waals surface area contributed by atoms with Crippen molar-refractivity contribution in [2.75, 3.05) is 6.16 Å². The number of hydrogen-bond donors (Lipinski definition) is 0. The number of rotatable bonds is 5. The van der Waals surface area contributed by atoms with Crippen molar-refractivity contribution in [3.63, 3.8) is 0 Å². The Morgan fingerprint density at radius 2 is 0.913 bits per heavy atom. The Hall–Kier alpha value is 0.832. The molecular formula is C21H39PPd. The van der Waals surface area contributed by atoms with Crippen LogP contribution in [-0.4, -0.2) is 23.1 Å². The van der Waals surface area contributed by atoms with E-state index >= 15 is 0 Å². The maximum absolute atomic E-state index is 4.26. The number of allylic oxidation sites excluding steroid dienone is 1. The van der Waals surface area contributed by atoms with E-state index in [2.05, 4.69) is 12.7 Å². The molecule has 0 radical (unpaired) electrons. The molecule has 0 unspecified atom stereocenters. The van der Waals surface area contributed by atoms with E-state index in [1.165, 1.54) is 63.9 Å². The van der Waals surface area contributed by atoms with E-state index in [-0.39, 0.29) is 20.4 Å². The van der Waals surface area contributed by atoms with E-state index in [4.69, 9.17) is 0 Å². The molecule has 0 aliphatic heterocycles. The van der Waals surface area contributed by atoms with Gasteiger partial charge in [0.05, 0.1) is 0 Å². The summed E-state index contributed by atoms with van der Waals surface area (Å²) >= 11 is 0. The summed E-state index contributed by atoms with van der Waals surface area (Å²) in [6.07, 6.45) is 27.2. The van der Waals surface area contributed by atoms with Gasteiger partial charge in [-0.25, -0.2) is 0 Å². The quantitative estimate of drug-likeness (QED) is 0.253. The van der Waals surface area contributed by atoms with Gasteiger partial charge in [0.1, 0.15) is 0 Å². The molecule has 0 heterocycles. The predicted octanol–water partition coefficient (Wildman–Crippen LogP) is 6.92. The monoisotopic (exact) mass is 428 g/mol. The summed E-state index contributed by atoms with van der Waals surface area (Å²) in [6, 6.07) is 0. The average molecular weight is 429 g/mol. The van der Waals surface area contributed by atoms with Gasteiger partial charge in [-0.1, -0.05) is 0 Å². The van der Waals surface area contributed by atoms with E-state index in [1.807, 2.05) is 0 Å². The van der Waals surface area contributed by atoms with E-state index in [0.717, 1.165) is 17.0 Å². The Morgan fingerprint density at radius 1 is 0.609 bits per heavy atom. The van der Waals surface area contributed by atoms with Gasteiger partial charge in [-0.3, -0.25) is 0 Å². The van der Waals surface area contributed by atoms with Gasteiger partial charge in [0.25, 0.3) is 0 Å². The van der Waals surface area contributed by atoms with Crippen molar-refractivity contribution < 1.29 is 20.4 Å². The van der Waals surface area contributed by atoms with Crippen LogP contribution in [0.2, 0.25) is 0 Å². The van der Waals surface area contributed by atoms with Crippen LogP contribution in [0.3, 0.4) is 0 Å². The summed E-state index contributed by atoms with van der Waals surface area (Å²) in [7, 11) is -1.21. The fourth-order valence-corrected chi connectivity index (χ4v) is 14.6. The van der Waals surface area contributed by atoms with Crippen LogP contribution in [0.15, 0.2) is 12.7 Å². The Kier molecular flexibility index (Phi) is 8.84. The SMILES string of the molecule is C=CC[PH](C1CCCCC1)(C1CCCCC1)C1CCCCC1.[Pd]. The molecule has 3 saturated carbocycles. The third-order valence-corrected chi connectivity index (χ3v) is 14.9. The zero-order valence-corrected chi connectivity index (χ0v) is 17.7. The Balaban J connectivity index is 0.00000192. The van der Waals surface area contributed by atoms with Gasteiger partial charge in [-0.15, -0.1) is 0 Å². The van der Waals surface area contributed by atoms with Crippen molar-refractivity contribution in [1.82, 2.24) is 0 Å². The first-order chi connectivity index (χ1) is 10.9. The first-order valence-electron chi connectivity index (χ1n) is 10.5. The third-order valence-electron chi connectivity index (χ3n) is 7.59. The van der Waals surface area contributed by atoms with Gasteiger partial charge in [0.2, 0.25) is 0 Å². The molecule has 0 atom stereocenters. The van der Waals surface area contributed by atoms with Gasteiger partial charge >= 0.3 is 139 Å². The fourth-order valence-electron chi connectivity index (χ4n) is 6.67. The summed E-state index contributed by atoms with van der Waals surface area (Å²) in [5, 5.41) is 0. The summed E-state index contributed by atoms with van der Waals surface area (Å²) < 4.78 is 0. The van der Waals surface area contributed by atoms with Crippen LogP contribution in [-0.2, 0) is 20.4 Å². The zero-order valence-electron chi connectivity index (χ0n) is 15.1. The average Bonchev–Trinajstić information content (AvgIpc) is 2.62. The van der Waals surface area contributed by atoms with Crippen molar-refractivity contribution in [3.8, 4) is 0 Å². The molecule has 3 rings (SSSR count). The first-order valence-corrected chi connectivity index (χ1v) is 12.9. The minimum Gasteiger partial charge on any atom is 0 e. The molecule has 0 N–H and O–H groups in total. The van der Waals surface area contributed by atoms with Crippen molar-refractivity contribution in [2.45, 2.75) is 113 Å². The zero-order chi connectivity index (χ0) is 15.3. The fraction of sp³-hybridized carbons (Fsp3) is 0.905. The Bertz CT molecular complexity index is 290. The molecule has 3 aliphatic carbocycles. The molecule has 0 spiro atoms. The molecule has 0 nitrogen and oxygen atoms in total. The molecule has 0 saturated heterocycles. The van der Waals surface area contributed by atoms with Crippen LogP contribution in [0, 0.1) is 0 Å². The van der Waals surface area contributed by atoms with Crippen LogP contribution < -0.4 is 0 Å². The minimum absolute atomic E-state index is 0. The molecule has 2 heteroatoms. The van der Waals surface area contributed by atoms with E-state index < -0.39 is 7.26 Å². The summed E-state index contributed by atoms with van der Waals surface area (Å²) in [5.74, 6) is 0. The molecule has 0 aromatic rings. The minimum atomic E-state index is -1.21. The molecule has 0 aromatic carbocycles. The molecule has 23 heavy (non-hydrogen) atoms. The molecule has 0 bridgehead atoms. The van der Waals surface area contributed by atoms with Crippen LogP contribution in [0.1, 0.15) is 96.3 Å². The second kappa shape index (κ2) is 10.1. The Morgan fingerprint density at radius 3 is 1.17 bits per heavy atom. The van der Waals surface area contributed by atoms with Gasteiger partial charge in [0, 0.05) is 20.4 Å². The topological polar surface area (TPSA) is 0 Å². The largest absolute Gasteiger partial charge is 0 e. The second-order valence-corrected chi connectivity index (χ2v) is 13.7. The Labute approximate surface area is 159 Å². The predicted molar refractivity (Wildman–Crippen MR) is 104 cm³/mol. The van der Waals surface area contributed by atoms with Crippen LogP contribution in [0.25, 0.3) is 0 Å². The van der Waals surface area contributed by atoms with E-state index in [9.17, 15) is 0 Å². The second-order valence-electron chi connectivity index (χ2n) is 8.61. The molecular weight excluding hydrogens is 390 g/mol. The van der Waals surface area contributed by atoms with E-state index in [0.29, 0.717) is 0 Å². The van der Waals surface area contributed by atoms with Gasteiger partial charge < -0.3 is 0 Å². The maximum atomic E-state index is 4.26. The van der Waals surface area contributed by atoms with Crippen molar-refractivity contribution >= 4 is 7.26 Å². The molecule has 0 aromatic heterocycles. The third kappa shape index (κ3) is 4.52. The van der Waals surface area contributed by atoms with Gasteiger partial charge in [0.15, 0.2) is 0 Å². The standard InChI is InChI=1S/C21H39P.Pd/c1-2-18-22(19-12-6-3-7-13-19,20-14-8-4-9-15-20)21-16-10-5-11-17-21;/h2,19-22H,1,3-18H2;. The molecule has 0 amide bonds. The van der Waals surface area contributed by atoms with Crippen molar-refractivity contribution in [2.24, 2.45) is 0 Å². The van der Waals surface area contributed by atoms with Crippen LogP contribution in [0.5, 0.6) is 0 Å². The first kappa shape index (κ1) is 20.1. The van der Waals surface area contributed by atoms with Gasteiger partial charge in [-0.2, -0.15) is 0 Å². The van der Waals surface area contributed by atoms with Crippen molar-refractivity contribution in [1.29, 1.82) is 0 Å². The molecule has 3 aliphatic rings. The normalized spacial score (nSPS) is 26.4. The molecule has 138 valence electrons. The van der Waals surface area contributed by atoms with Gasteiger partial charge in [-0.05, 0) is 0 Å². The smallest absolute Gasteiger partial charge is 0 e. The molecule has 3 fully saturated rings. The van der Waals surface area contributed by atoms with Crippen molar-refractivity contribution in [3.05, 3.63) is 12.7 Å². The summed E-state index contributed by atoms with van der Waals surface area (Å²) in [4.78, 5) is 0. The maximum Gasteiger partial charge on any atom is 0 e. The van der Waals surface area contributed by atoms with Crippen LogP contribution in [0.4, 0.5) is 0 Å². The number of hydrogen-bond acceptors (Lipinski definition) is 0.